The molecule has 0 spiro atoms. The quantitative estimate of drug-likeness (QED) is 0.666. The van der Waals surface area contributed by atoms with Gasteiger partial charge in [-0.15, -0.1) is 0 Å². The van der Waals surface area contributed by atoms with Crippen LogP contribution < -0.4 is 5.73 Å². The molecule has 0 aromatic carbocycles. The Balaban J connectivity index is 2.80. The molecule has 0 aromatic heterocycles. The minimum atomic E-state index is 0.222. The zero-order valence-corrected chi connectivity index (χ0v) is 14.9. The summed E-state index contributed by atoms with van der Waals surface area (Å²) in [5, 5.41) is 0. The largest absolute Gasteiger partial charge is 0.383 e. The van der Waals surface area contributed by atoms with E-state index >= 15 is 0 Å². The van der Waals surface area contributed by atoms with Crippen LogP contribution in [0.25, 0.3) is 0 Å². The van der Waals surface area contributed by atoms with Crippen LogP contribution in [0, 0.1) is 5.92 Å². The Kier molecular flexibility index (Phi) is 8.84. The van der Waals surface area contributed by atoms with E-state index in [-0.39, 0.29) is 5.54 Å². The van der Waals surface area contributed by atoms with E-state index in [0.29, 0.717) is 6.04 Å². The molecule has 126 valence electrons. The predicted octanol–water partition coefficient (Wildman–Crippen LogP) is 3.81. The Morgan fingerprint density at radius 3 is 2.24 bits per heavy atom. The molecule has 0 aromatic rings. The number of hydrogen-bond donors (Lipinski definition) is 1. The molecule has 0 bridgehead atoms. The standard InChI is InChI=1S/C18H38N2O/c1-5-8-16-9-11-18(15-19,12-10-16)20(13-14-21-4)17(6-2)7-3/h16-17H,5-15,19H2,1-4H3. The molecular weight excluding hydrogens is 260 g/mol. The molecular formula is C18H38N2O. The Hall–Kier alpha value is -0.120. The van der Waals surface area contributed by atoms with E-state index in [9.17, 15) is 0 Å². The summed E-state index contributed by atoms with van der Waals surface area (Å²) in [6, 6.07) is 0.645. The van der Waals surface area contributed by atoms with Crippen molar-refractivity contribution in [3.05, 3.63) is 0 Å². The van der Waals surface area contributed by atoms with E-state index < -0.39 is 0 Å². The normalized spacial score (nSPS) is 26.7. The summed E-state index contributed by atoms with van der Waals surface area (Å²) in [5.74, 6) is 0.931. The smallest absolute Gasteiger partial charge is 0.0590 e. The van der Waals surface area contributed by atoms with Gasteiger partial charge in [0.25, 0.3) is 0 Å². The van der Waals surface area contributed by atoms with E-state index in [2.05, 4.69) is 25.7 Å². The molecule has 21 heavy (non-hydrogen) atoms. The number of ether oxygens (including phenoxy) is 1. The zero-order valence-electron chi connectivity index (χ0n) is 14.9. The van der Waals surface area contributed by atoms with Crippen molar-refractivity contribution in [3.8, 4) is 0 Å². The average Bonchev–Trinajstić information content (AvgIpc) is 2.53. The molecule has 1 fully saturated rings. The highest BCUT2D eigenvalue weighted by atomic mass is 16.5. The van der Waals surface area contributed by atoms with Crippen molar-refractivity contribution in [2.24, 2.45) is 11.7 Å². The number of nitrogens with two attached hydrogens (primary N) is 1. The third-order valence-corrected chi connectivity index (χ3v) is 5.64. The Morgan fingerprint density at radius 1 is 1.19 bits per heavy atom. The topological polar surface area (TPSA) is 38.5 Å². The van der Waals surface area contributed by atoms with Crippen LogP contribution in [0.4, 0.5) is 0 Å². The molecule has 1 aliphatic carbocycles. The van der Waals surface area contributed by atoms with Gasteiger partial charge in [0, 0.05) is 31.8 Å². The summed E-state index contributed by atoms with van der Waals surface area (Å²) < 4.78 is 5.37. The molecule has 2 N–H and O–H groups in total. The fourth-order valence-electron chi connectivity index (χ4n) is 4.25. The average molecular weight is 299 g/mol. The molecule has 1 aliphatic rings. The van der Waals surface area contributed by atoms with Crippen molar-refractivity contribution in [2.75, 3.05) is 26.8 Å². The maximum absolute atomic E-state index is 6.29. The van der Waals surface area contributed by atoms with Crippen molar-refractivity contribution < 1.29 is 4.74 Å². The van der Waals surface area contributed by atoms with Gasteiger partial charge < -0.3 is 10.5 Å². The second-order valence-electron chi connectivity index (χ2n) is 6.82. The van der Waals surface area contributed by atoms with Gasteiger partial charge >= 0.3 is 0 Å². The lowest BCUT2D eigenvalue weighted by Gasteiger charge is -2.51. The van der Waals surface area contributed by atoms with E-state index in [4.69, 9.17) is 10.5 Å². The highest BCUT2D eigenvalue weighted by molar-refractivity contribution is 4.98. The first kappa shape index (κ1) is 18.9. The van der Waals surface area contributed by atoms with Crippen LogP contribution >= 0.6 is 0 Å². The van der Waals surface area contributed by atoms with E-state index in [1.165, 1.54) is 51.4 Å². The van der Waals surface area contributed by atoms with Crippen LogP contribution in [0.3, 0.4) is 0 Å². The minimum Gasteiger partial charge on any atom is -0.383 e. The lowest BCUT2D eigenvalue weighted by molar-refractivity contribution is -0.0123. The first-order valence-corrected chi connectivity index (χ1v) is 9.13. The fourth-order valence-corrected chi connectivity index (χ4v) is 4.25. The number of nitrogens with zero attached hydrogens (tertiary/aromatic N) is 1. The van der Waals surface area contributed by atoms with Gasteiger partial charge in [-0.3, -0.25) is 4.90 Å². The van der Waals surface area contributed by atoms with E-state index in [0.717, 1.165) is 25.6 Å². The summed E-state index contributed by atoms with van der Waals surface area (Å²) in [7, 11) is 1.80. The highest BCUT2D eigenvalue weighted by Gasteiger charge is 2.41. The first-order valence-electron chi connectivity index (χ1n) is 9.13. The molecule has 0 radical (unpaired) electrons. The molecule has 1 saturated carbocycles. The molecule has 1 rings (SSSR count). The zero-order chi connectivity index (χ0) is 15.7. The first-order chi connectivity index (χ1) is 10.2. The third-order valence-electron chi connectivity index (χ3n) is 5.64. The molecule has 0 aliphatic heterocycles. The van der Waals surface area contributed by atoms with Crippen LogP contribution in [-0.4, -0.2) is 43.3 Å². The number of methoxy groups -OCH3 is 1. The Labute approximate surface area is 132 Å². The molecule has 0 atom stereocenters. The molecule has 3 nitrogen and oxygen atoms in total. The minimum absolute atomic E-state index is 0.222. The van der Waals surface area contributed by atoms with Crippen molar-refractivity contribution in [1.82, 2.24) is 4.90 Å². The van der Waals surface area contributed by atoms with Crippen LogP contribution in [0.2, 0.25) is 0 Å². The maximum atomic E-state index is 6.29. The molecule has 0 saturated heterocycles. The SMILES string of the molecule is CCCC1CCC(CN)(N(CCOC)C(CC)CC)CC1. The lowest BCUT2D eigenvalue weighted by Crippen LogP contribution is -2.60. The summed E-state index contributed by atoms with van der Waals surface area (Å²) in [4.78, 5) is 2.71. The lowest BCUT2D eigenvalue weighted by atomic mass is 9.73. The van der Waals surface area contributed by atoms with Gasteiger partial charge in [-0.25, -0.2) is 0 Å². The van der Waals surface area contributed by atoms with Gasteiger partial charge in [-0.2, -0.15) is 0 Å². The third kappa shape index (κ3) is 4.94. The monoisotopic (exact) mass is 298 g/mol. The van der Waals surface area contributed by atoms with Gasteiger partial charge in [0.2, 0.25) is 0 Å². The predicted molar refractivity (Wildman–Crippen MR) is 91.6 cm³/mol. The fraction of sp³-hybridized carbons (Fsp3) is 1.00. The second-order valence-corrected chi connectivity index (χ2v) is 6.82. The summed E-state index contributed by atoms with van der Waals surface area (Å²) in [6.45, 7) is 9.56. The van der Waals surface area contributed by atoms with Gasteiger partial charge in [0.15, 0.2) is 0 Å². The number of hydrogen-bond acceptors (Lipinski definition) is 3. The van der Waals surface area contributed by atoms with Crippen molar-refractivity contribution >= 4 is 0 Å². The van der Waals surface area contributed by atoms with Gasteiger partial charge in [0.05, 0.1) is 6.61 Å². The second kappa shape index (κ2) is 9.81. The van der Waals surface area contributed by atoms with Crippen molar-refractivity contribution in [3.63, 3.8) is 0 Å². The molecule has 0 unspecified atom stereocenters. The molecule has 3 heteroatoms. The van der Waals surface area contributed by atoms with Crippen LogP contribution in [0.5, 0.6) is 0 Å². The van der Waals surface area contributed by atoms with Crippen LogP contribution in [0.15, 0.2) is 0 Å². The molecule has 0 heterocycles. The van der Waals surface area contributed by atoms with E-state index in [1.807, 2.05) is 0 Å². The maximum Gasteiger partial charge on any atom is 0.0590 e. The van der Waals surface area contributed by atoms with Crippen molar-refractivity contribution in [2.45, 2.75) is 83.7 Å². The summed E-state index contributed by atoms with van der Waals surface area (Å²) in [5.41, 5.74) is 6.52. The van der Waals surface area contributed by atoms with E-state index in [1.54, 1.807) is 7.11 Å². The van der Waals surface area contributed by atoms with Crippen molar-refractivity contribution in [1.29, 1.82) is 0 Å². The summed E-state index contributed by atoms with van der Waals surface area (Å²) >= 11 is 0. The number of rotatable bonds is 10. The molecule has 0 amide bonds. The van der Waals surface area contributed by atoms with Gasteiger partial charge in [-0.1, -0.05) is 33.6 Å². The van der Waals surface area contributed by atoms with Gasteiger partial charge in [-0.05, 0) is 44.4 Å². The Bertz CT molecular complexity index is 258. The van der Waals surface area contributed by atoms with Crippen LogP contribution in [-0.2, 0) is 4.74 Å². The highest BCUT2D eigenvalue weighted by Crippen LogP contribution is 2.39. The summed E-state index contributed by atoms with van der Waals surface area (Å²) in [6.07, 6.45) is 10.4. The van der Waals surface area contributed by atoms with Crippen LogP contribution in [0.1, 0.15) is 72.1 Å². The van der Waals surface area contributed by atoms with Gasteiger partial charge in [0.1, 0.15) is 0 Å². The Morgan fingerprint density at radius 2 is 1.81 bits per heavy atom.